The van der Waals surface area contributed by atoms with E-state index in [1.54, 1.807) is 24.3 Å². The molecule has 1 saturated carbocycles. The van der Waals surface area contributed by atoms with Crippen LogP contribution >= 0.6 is 0 Å². The molecule has 0 unspecified atom stereocenters. The Bertz CT molecular complexity index is 650. The Kier molecular flexibility index (Phi) is 6.57. The molecule has 0 aliphatic heterocycles. The second kappa shape index (κ2) is 8.47. The SMILES string of the molecule is CC(=O)c1ccc(NC(=O)COC(=O)C2CCC(C(C)(C)C)CC2)cc1. The maximum absolute atomic E-state index is 12.2. The third kappa shape index (κ3) is 5.68. The largest absolute Gasteiger partial charge is 0.455 e. The lowest BCUT2D eigenvalue weighted by Gasteiger charge is -2.36. The molecule has 0 atom stereocenters. The molecule has 1 aromatic carbocycles. The van der Waals surface area contributed by atoms with Crippen molar-refractivity contribution in [3.8, 4) is 0 Å². The van der Waals surface area contributed by atoms with Gasteiger partial charge in [-0.05, 0) is 68.2 Å². The molecule has 1 aliphatic rings. The summed E-state index contributed by atoms with van der Waals surface area (Å²) in [5.74, 6) is -0.154. The molecule has 5 nitrogen and oxygen atoms in total. The van der Waals surface area contributed by atoms with Crippen LogP contribution in [0.25, 0.3) is 0 Å². The minimum absolute atomic E-state index is 0.0296. The predicted octanol–water partition coefficient (Wildman–Crippen LogP) is 4.22. The van der Waals surface area contributed by atoms with Crippen LogP contribution in [0.3, 0.4) is 0 Å². The molecule has 1 aliphatic carbocycles. The molecule has 0 spiro atoms. The first kappa shape index (κ1) is 20.1. The second-order valence-electron chi connectivity index (χ2n) is 8.20. The van der Waals surface area contributed by atoms with Crippen molar-refractivity contribution in [2.45, 2.75) is 53.4 Å². The molecule has 142 valence electrons. The van der Waals surface area contributed by atoms with Crippen LogP contribution in [0, 0.1) is 17.3 Å². The Morgan fingerprint density at radius 1 is 1.04 bits per heavy atom. The molecular formula is C21H29NO4. The quantitative estimate of drug-likeness (QED) is 0.631. The van der Waals surface area contributed by atoms with Gasteiger partial charge >= 0.3 is 5.97 Å². The summed E-state index contributed by atoms with van der Waals surface area (Å²) in [5, 5.41) is 2.67. The number of ketones is 1. The maximum Gasteiger partial charge on any atom is 0.309 e. The lowest BCUT2D eigenvalue weighted by atomic mass is 9.70. The molecule has 0 aromatic heterocycles. The number of ether oxygens (including phenoxy) is 1. The average molecular weight is 359 g/mol. The van der Waals surface area contributed by atoms with Crippen LogP contribution in [0.1, 0.15) is 63.7 Å². The van der Waals surface area contributed by atoms with Gasteiger partial charge in [0.2, 0.25) is 0 Å². The number of carbonyl (C=O) groups is 3. The molecule has 0 radical (unpaired) electrons. The minimum atomic E-state index is -0.377. The van der Waals surface area contributed by atoms with E-state index >= 15 is 0 Å². The van der Waals surface area contributed by atoms with Gasteiger partial charge in [0.05, 0.1) is 5.92 Å². The van der Waals surface area contributed by atoms with Crippen LogP contribution in [-0.2, 0) is 14.3 Å². The zero-order valence-corrected chi connectivity index (χ0v) is 16.1. The van der Waals surface area contributed by atoms with Crippen molar-refractivity contribution in [3.63, 3.8) is 0 Å². The fourth-order valence-electron chi connectivity index (χ4n) is 3.44. The Labute approximate surface area is 155 Å². The smallest absolute Gasteiger partial charge is 0.309 e. The summed E-state index contributed by atoms with van der Waals surface area (Å²) in [4.78, 5) is 35.4. The van der Waals surface area contributed by atoms with Gasteiger partial charge in [0, 0.05) is 11.3 Å². The average Bonchev–Trinajstić information content (AvgIpc) is 2.59. The van der Waals surface area contributed by atoms with Crippen LogP contribution in [0.5, 0.6) is 0 Å². The molecule has 1 fully saturated rings. The van der Waals surface area contributed by atoms with Gasteiger partial charge < -0.3 is 10.1 Å². The third-order valence-corrected chi connectivity index (χ3v) is 5.21. The van der Waals surface area contributed by atoms with Gasteiger partial charge in [-0.3, -0.25) is 14.4 Å². The normalized spacial score (nSPS) is 20.3. The van der Waals surface area contributed by atoms with Gasteiger partial charge in [-0.1, -0.05) is 20.8 Å². The number of carbonyl (C=O) groups excluding carboxylic acids is 3. The summed E-state index contributed by atoms with van der Waals surface area (Å²) in [6.07, 6.45) is 3.71. The zero-order chi connectivity index (χ0) is 19.3. The van der Waals surface area contributed by atoms with Gasteiger partial charge in [-0.25, -0.2) is 0 Å². The fourth-order valence-corrected chi connectivity index (χ4v) is 3.44. The number of amides is 1. The van der Waals surface area contributed by atoms with Crippen molar-refractivity contribution < 1.29 is 19.1 Å². The first-order chi connectivity index (χ1) is 12.2. The highest BCUT2D eigenvalue weighted by Crippen LogP contribution is 2.40. The van der Waals surface area contributed by atoms with E-state index in [4.69, 9.17) is 4.74 Å². The number of rotatable bonds is 5. The van der Waals surface area contributed by atoms with E-state index in [2.05, 4.69) is 26.1 Å². The van der Waals surface area contributed by atoms with Crippen LogP contribution in [0.15, 0.2) is 24.3 Å². The first-order valence-electron chi connectivity index (χ1n) is 9.24. The molecule has 1 amide bonds. The van der Waals surface area contributed by atoms with E-state index in [1.807, 2.05) is 0 Å². The van der Waals surface area contributed by atoms with Gasteiger partial charge in [0.25, 0.3) is 5.91 Å². The van der Waals surface area contributed by atoms with E-state index in [0.29, 0.717) is 17.2 Å². The van der Waals surface area contributed by atoms with Crippen molar-refractivity contribution in [2.75, 3.05) is 11.9 Å². The summed E-state index contributed by atoms with van der Waals surface area (Å²) in [7, 11) is 0. The fraction of sp³-hybridized carbons (Fsp3) is 0.571. The van der Waals surface area contributed by atoms with E-state index in [-0.39, 0.29) is 35.6 Å². The Morgan fingerprint density at radius 3 is 2.12 bits per heavy atom. The molecule has 0 saturated heterocycles. The maximum atomic E-state index is 12.2. The zero-order valence-electron chi connectivity index (χ0n) is 16.1. The molecule has 1 aromatic rings. The molecule has 1 N–H and O–H groups in total. The Balaban J connectivity index is 1.75. The number of hydrogen-bond donors (Lipinski definition) is 1. The monoisotopic (exact) mass is 359 g/mol. The highest BCUT2D eigenvalue weighted by Gasteiger charge is 2.33. The van der Waals surface area contributed by atoms with Crippen molar-refractivity contribution >= 4 is 23.3 Å². The van der Waals surface area contributed by atoms with Gasteiger partial charge in [-0.15, -0.1) is 0 Å². The van der Waals surface area contributed by atoms with Crippen molar-refractivity contribution in [1.82, 2.24) is 0 Å². The molecule has 26 heavy (non-hydrogen) atoms. The summed E-state index contributed by atoms with van der Waals surface area (Å²) >= 11 is 0. The highest BCUT2D eigenvalue weighted by molar-refractivity contribution is 5.96. The second-order valence-corrected chi connectivity index (χ2v) is 8.20. The Morgan fingerprint density at radius 2 is 1.62 bits per heavy atom. The topological polar surface area (TPSA) is 72.5 Å². The van der Waals surface area contributed by atoms with E-state index < -0.39 is 0 Å². The van der Waals surface area contributed by atoms with Crippen LogP contribution in [-0.4, -0.2) is 24.3 Å². The molecule has 0 bridgehead atoms. The summed E-state index contributed by atoms with van der Waals surface area (Å²) in [6, 6.07) is 6.61. The number of anilines is 1. The van der Waals surface area contributed by atoms with Crippen molar-refractivity contribution in [3.05, 3.63) is 29.8 Å². The highest BCUT2D eigenvalue weighted by atomic mass is 16.5. The molecule has 2 rings (SSSR count). The Hall–Kier alpha value is -2.17. The van der Waals surface area contributed by atoms with Gasteiger partial charge in [0.1, 0.15) is 0 Å². The van der Waals surface area contributed by atoms with Crippen LogP contribution < -0.4 is 5.32 Å². The number of Topliss-reactive ketones (excluding diaryl/α,β-unsaturated/α-hetero) is 1. The number of esters is 1. The minimum Gasteiger partial charge on any atom is -0.455 e. The number of hydrogen-bond acceptors (Lipinski definition) is 4. The van der Waals surface area contributed by atoms with E-state index in [1.165, 1.54) is 6.92 Å². The first-order valence-corrected chi connectivity index (χ1v) is 9.24. The summed E-state index contributed by atoms with van der Waals surface area (Å²) < 4.78 is 5.19. The van der Waals surface area contributed by atoms with Crippen LogP contribution in [0.2, 0.25) is 0 Å². The summed E-state index contributed by atoms with van der Waals surface area (Å²) in [6.45, 7) is 7.92. The molecule has 0 heterocycles. The third-order valence-electron chi connectivity index (χ3n) is 5.21. The standard InChI is InChI=1S/C21H29NO4/c1-14(23)15-7-11-18(12-8-15)22-19(24)13-26-20(25)16-5-9-17(10-6-16)21(2,3)4/h7-8,11-12,16-17H,5-6,9-10,13H2,1-4H3,(H,22,24). The molecular weight excluding hydrogens is 330 g/mol. The number of nitrogens with one attached hydrogen (secondary N) is 1. The van der Waals surface area contributed by atoms with Crippen LogP contribution in [0.4, 0.5) is 5.69 Å². The lowest BCUT2D eigenvalue weighted by molar-refractivity contribution is -0.153. The summed E-state index contributed by atoms with van der Waals surface area (Å²) in [5.41, 5.74) is 1.43. The van der Waals surface area contributed by atoms with Crippen molar-refractivity contribution in [2.24, 2.45) is 17.3 Å². The lowest BCUT2D eigenvalue weighted by Crippen LogP contribution is -2.31. The van der Waals surface area contributed by atoms with E-state index in [0.717, 1.165) is 25.7 Å². The van der Waals surface area contributed by atoms with Crippen molar-refractivity contribution in [1.29, 1.82) is 0 Å². The van der Waals surface area contributed by atoms with Gasteiger partial charge in [0.15, 0.2) is 12.4 Å². The van der Waals surface area contributed by atoms with E-state index in [9.17, 15) is 14.4 Å². The van der Waals surface area contributed by atoms with Gasteiger partial charge in [-0.2, -0.15) is 0 Å². The number of benzene rings is 1. The predicted molar refractivity (Wildman–Crippen MR) is 101 cm³/mol. The molecule has 5 heteroatoms.